The Morgan fingerprint density at radius 3 is 2.59 bits per heavy atom. The minimum absolute atomic E-state index is 0.168. The molecule has 3 aromatic rings. The summed E-state index contributed by atoms with van der Waals surface area (Å²) in [5.41, 5.74) is 2.23. The van der Waals surface area contributed by atoms with Crippen LogP contribution in [0.5, 0.6) is 17.2 Å². The highest BCUT2D eigenvalue weighted by Crippen LogP contribution is 2.40. The number of benzene rings is 3. The van der Waals surface area contributed by atoms with Gasteiger partial charge < -0.3 is 24.3 Å². The van der Waals surface area contributed by atoms with E-state index in [4.69, 9.17) is 18.9 Å². The molecule has 0 aliphatic carbocycles. The monoisotopic (exact) mass is 463 g/mol. The summed E-state index contributed by atoms with van der Waals surface area (Å²) < 4.78 is 35.5. The lowest BCUT2D eigenvalue weighted by molar-refractivity contribution is 0.0486. The number of hydrogen-bond donors (Lipinski definition) is 1. The number of fused-ring (bicyclic) bond motifs is 1. The molecule has 1 fully saturated rings. The van der Waals surface area contributed by atoms with Crippen molar-refractivity contribution in [2.24, 2.45) is 0 Å². The van der Waals surface area contributed by atoms with Gasteiger partial charge in [0, 0.05) is 30.7 Å². The Hall–Kier alpha value is -3.58. The fraction of sp³-hybridized carbons (Fsp3) is 0.296. The van der Waals surface area contributed by atoms with Crippen molar-refractivity contribution < 1.29 is 28.1 Å². The Labute approximate surface area is 197 Å². The van der Waals surface area contributed by atoms with Crippen molar-refractivity contribution in [3.63, 3.8) is 0 Å². The first-order chi connectivity index (χ1) is 16.6. The van der Waals surface area contributed by atoms with Crippen molar-refractivity contribution in [1.82, 2.24) is 5.32 Å². The second kappa shape index (κ2) is 9.73. The van der Waals surface area contributed by atoms with Crippen molar-refractivity contribution >= 4 is 5.91 Å². The van der Waals surface area contributed by atoms with Crippen LogP contribution in [0.2, 0.25) is 0 Å². The van der Waals surface area contributed by atoms with Crippen LogP contribution >= 0.6 is 0 Å². The van der Waals surface area contributed by atoms with E-state index in [-0.39, 0.29) is 23.9 Å². The van der Waals surface area contributed by atoms with E-state index in [9.17, 15) is 9.18 Å². The number of hydrogen-bond acceptors (Lipinski definition) is 5. The molecule has 2 aliphatic rings. The summed E-state index contributed by atoms with van der Waals surface area (Å²) >= 11 is 0. The van der Waals surface area contributed by atoms with Gasteiger partial charge in [0.1, 0.15) is 18.2 Å². The second-order valence-electron chi connectivity index (χ2n) is 8.59. The molecule has 7 heteroatoms. The van der Waals surface area contributed by atoms with Gasteiger partial charge in [0.05, 0.1) is 0 Å². The Bertz CT molecular complexity index is 1160. The van der Waals surface area contributed by atoms with Crippen LogP contribution in [-0.4, -0.2) is 32.5 Å². The summed E-state index contributed by atoms with van der Waals surface area (Å²) in [7, 11) is 0. The Morgan fingerprint density at radius 2 is 1.76 bits per heavy atom. The second-order valence-corrected chi connectivity index (χ2v) is 8.59. The summed E-state index contributed by atoms with van der Waals surface area (Å²) in [6.45, 7) is 2.27. The molecule has 0 spiro atoms. The van der Waals surface area contributed by atoms with Crippen LogP contribution in [0.1, 0.15) is 34.3 Å². The third-order valence-electron chi connectivity index (χ3n) is 6.44. The first kappa shape index (κ1) is 22.2. The van der Waals surface area contributed by atoms with Crippen molar-refractivity contribution in [3.8, 4) is 17.2 Å². The maximum Gasteiger partial charge on any atom is 0.251 e. The van der Waals surface area contributed by atoms with Crippen LogP contribution in [0.4, 0.5) is 4.39 Å². The zero-order chi connectivity index (χ0) is 23.4. The standard InChI is InChI=1S/C27H26FNO5/c28-22-7-4-19(5-8-22)16-32-23-3-1-2-20(14-23)26(30)29-17-27(10-12-31-13-11-27)21-6-9-24-25(15-21)34-18-33-24/h1-9,14-15H,10-13,16-18H2,(H,29,30). The number of ether oxygens (including phenoxy) is 4. The molecule has 1 saturated heterocycles. The number of carbonyl (C=O) groups excluding carboxylic acids is 1. The average molecular weight is 464 g/mol. The van der Waals surface area contributed by atoms with Gasteiger partial charge in [-0.3, -0.25) is 4.79 Å². The molecule has 1 amide bonds. The highest BCUT2D eigenvalue weighted by Gasteiger charge is 2.36. The molecule has 176 valence electrons. The minimum Gasteiger partial charge on any atom is -0.489 e. The van der Waals surface area contributed by atoms with Crippen LogP contribution < -0.4 is 19.5 Å². The van der Waals surface area contributed by atoms with Crippen molar-refractivity contribution in [2.45, 2.75) is 24.9 Å². The Kier molecular flexibility index (Phi) is 6.36. The predicted octanol–water partition coefficient (Wildman–Crippen LogP) is 4.61. The fourth-order valence-corrected chi connectivity index (χ4v) is 4.38. The van der Waals surface area contributed by atoms with Crippen LogP contribution in [0.3, 0.4) is 0 Å². The van der Waals surface area contributed by atoms with Gasteiger partial charge in [-0.2, -0.15) is 0 Å². The van der Waals surface area contributed by atoms with E-state index in [2.05, 4.69) is 11.4 Å². The molecule has 6 nitrogen and oxygen atoms in total. The lowest BCUT2D eigenvalue weighted by Gasteiger charge is -2.38. The lowest BCUT2D eigenvalue weighted by atomic mass is 9.74. The van der Waals surface area contributed by atoms with Crippen LogP contribution in [-0.2, 0) is 16.8 Å². The first-order valence-electron chi connectivity index (χ1n) is 11.3. The van der Waals surface area contributed by atoms with E-state index in [0.29, 0.717) is 37.7 Å². The molecule has 0 unspecified atom stereocenters. The van der Waals surface area contributed by atoms with Crippen LogP contribution in [0.25, 0.3) is 0 Å². The molecule has 2 heterocycles. The predicted molar refractivity (Wildman–Crippen MR) is 124 cm³/mol. The Morgan fingerprint density at radius 1 is 0.971 bits per heavy atom. The number of rotatable bonds is 7. The highest BCUT2D eigenvalue weighted by atomic mass is 19.1. The SMILES string of the molecule is O=C(NCC1(c2ccc3c(c2)OCO3)CCOCC1)c1cccc(OCc2ccc(F)cc2)c1. The molecule has 3 aromatic carbocycles. The summed E-state index contributed by atoms with van der Waals surface area (Å²) in [5, 5.41) is 3.12. The smallest absolute Gasteiger partial charge is 0.251 e. The van der Waals surface area contributed by atoms with Gasteiger partial charge in [-0.15, -0.1) is 0 Å². The lowest BCUT2D eigenvalue weighted by Crippen LogP contribution is -2.44. The minimum atomic E-state index is -0.287. The Balaban J connectivity index is 1.26. The van der Waals surface area contributed by atoms with Crippen molar-refractivity contribution in [1.29, 1.82) is 0 Å². The van der Waals surface area contributed by atoms with E-state index in [1.165, 1.54) is 12.1 Å². The van der Waals surface area contributed by atoms with E-state index >= 15 is 0 Å². The molecular weight excluding hydrogens is 437 g/mol. The summed E-state index contributed by atoms with van der Waals surface area (Å²) in [5.74, 6) is 1.60. The molecule has 0 radical (unpaired) electrons. The van der Waals surface area contributed by atoms with Gasteiger partial charge in [0.2, 0.25) is 6.79 Å². The number of nitrogens with one attached hydrogen (secondary N) is 1. The number of carbonyl (C=O) groups is 1. The zero-order valence-electron chi connectivity index (χ0n) is 18.7. The van der Waals surface area contributed by atoms with E-state index in [0.717, 1.165) is 35.5 Å². The molecular formula is C27H26FNO5. The maximum absolute atomic E-state index is 13.1. The molecule has 5 rings (SSSR count). The van der Waals surface area contributed by atoms with Gasteiger partial charge in [-0.25, -0.2) is 4.39 Å². The van der Waals surface area contributed by atoms with Gasteiger partial charge in [0.15, 0.2) is 11.5 Å². The fourth-order valence-electron chi connectivity index (χ4n) is 4.38. The van der Waals surface area contributed by atoms with E-state index < -0.39 is 0 Å². The summed E-state index contributed by atoms with van der Waals surface area (Å²) in [6, 6.07) is 19.2. The van der Waals surface area contributed by atoms with Gasteiger partial charge >= 0.3 is 0 Å². The third-order valence-corrected chi connectivity index (χ3v) is 6.44. The molecule has 2 aliphatic heterocycles. The van der Waals surface area contributed by atoms with Gasteiger partial charge in [0.25, 0.3) is 5.91 Å². The van der Waals surface area contributed by atoms with Crippen LogP contribution in [0.15, 0.2) is 66.7 Å². The van der Waals surface area contributed by atoms with Crippen molar-refractivity contribution in [2.75, 3.05) is 26.6 Å². The largest absolute Gasteiger partial charge is 0.489 e. The average Bonchev–Trinajstić information content (AvgIpc) is 3.36. The quantitative estimate of drug-likeness (QED) is 0.554. The van der Waals surface area contributed by atoms with E-state index in [1.54, 1.807) is 36.4 Å². The van der Waals surface area contributed by atoms with Gasteiger partial charge in [-0.1, -0.05) is 24.3 Å². The van der Waals surface area contributed by atoms with Gasteiger partial charge in [-0.05, 0) is 66.4 Å². The third kappa shape index (κ3) is 4.84. The number of amides is 1. The summed E-state index contributed by atoms with van der Waals surface area (Å²) in [6.07, 6.45) is 1.60. The normalized spacial score (nSPS) is 16.1. The van der Waals surface area contributed by atoms with Crippen molar-refractivity contribution in [3.05, 3.63) is 89.2 Å². The molecule has 0 atom stereocenters. The first-order valence-corrected chi connectivity index (χ1v) is 11.3. The molecule has 1 N–H and O–H groups in total. The maximum atomic E-state index is 13.1. The number of halogens is 1. The molecule has 34 heavy (non-hydrogen) atoms. The topological polar surface area (TPSA) is 66.0 Å². The molecule has 0 saturated carbocycles. The van der Waals surface area contributed by atoms with Crippen LogP contribution in [0, 0.1) is 5.82 Å². The molecule has 0 bridgehead atoms. The zero-order valence-corrected chi connectivity index (χ0v) is 18.7. The highest BCUT2D eigenvalue weighted by molar-refractivity contribution is 5.94. The molecule has 0 aromatic heterocycles. The van der Waals surface area contributed by atoms with E-state index in [1.807, 2.05) is 12.1 Å². The summed E-state index contributed by atoms with van der Waals surface area (Å²) in [4.78, 5) is 13.0.